The molecule has 0 bridgehead atoms. The van der Waals surface area contributed by atoms with Crippen molar-refractivity contribution in [2.24, 2.45) is 5.92 Å². The number of ketones is 1. The summed E-state index contributed by atoms with van der Waals surface area (Å²) >= 11 is 0. The predicted molar refractivity (Wildman–Crippen MR) is 104 cm³/mol. The first-order valence-corrected chi connectivity index (χ1v) is 9.08. The Hall–Kier alpha value is -2.95. The summed E-state index contributed by atoms with van der Waals surface area (Å²) in [6, 6.07) is 8.58. The second kappa shape index (κ2) is 7.35. The SMILES string of the molecule is Cc1ccc(N2C(=O)C(O)=C(C(=O)CC(C)C)C2c2cccnc2)cc1C. The molecule has 5 nitrogen and oxygen atoms in total. The molecule has 0 aliphatic carbocycles. The number of benzene rings is 1. The molecule has 2 heterocycles. The Bertz CT molecular complexity index is 916. The maximum atomic E-state index is 12.9. The first kappa shape index (κ1) is 18.8. The number of carbonyl (C=O) groups excluding carboxylic acids is 2. The number of aliphatic hydroxyl groups excluding tert-OH is 1. The third kappa shape index (κ3) is 3.50. The van der Waals surface area contributed by atoms with E-state index in [1.54, 1.807) is 18.5 Å². The van der Waals surface area contributed by atoms with Gasteiger partial charge in [-0.15, -0.1) is 0 Å². The summed E-state index contributed by atoms with van der Waals surface area (Å²) in [5, 5.41) is 10.6. The molecule has 1 atom stereocenters. The lowest BCUT2D eigenvalue weighted by Gasteiger charge is -2.27. The first-order chi connectivity index (χ1) is 12.8. The third-order valence-corrected chi connectivity index (χ3v) is 4.87. The van der Waals surface area contributed by atoms with E-state index in [0.29, 0.717) is 11.3 Å². The molecule has 1 aliphatic rings. The van der Waals surface area contributed by atoms with Gasteiger partial charge in [0.1, 0.15) is 0 Å². The van der Waals surface area contributed by atoms with E-state index >= 15 is 0 Å². The lowest BCUT2D eigenvalue weighted by Crippen LogP contribution is -2.31. The van der Waals surface area contributed by atoms with Crippen molar-refractivity contribution in [2.45, 2.75) is 40.2 Å². The van der Waals surface area contributed by atoms with Crippen molar-refractivity contribution in [2.75, 3.05) is 4.90 Å². The molecule has 1 amide bonds. The molecule has 1 aromatic heterocycles. The van der Waals surface area contributed by atoms with Gasteiger partial charge in [0.15, 0.2) is 11.5 Å². The van der Waals surface area contributed by atoms with Gasteiger partial charge in [-0.25, -0.2) is 0 Å². The number of amides is 1. The minimum Gasteiger partial charge on any atom is -0.503 e. The number of carbonyl (C=O) groups is 2. The van der Waals surface area contributed by atoms with E-state index in [1.165, 1.54) is 4.90 Å². The Morgan fingerprint density at radius 1 is 1.22 bits per heavy atom. The highest BCUT2D eigenvalue weighted by Gasteiger charge is 2.44. The van der Waals surface area contributed by atoms with Crippen molar-refractivity contribution in [3.63, 3.8) is 0 Å². The highest BCUT2D eigenvalue weighted by atomic mass is 16.3. The lowest BCUT2D eigenvalue weighted by molar-refractivity contribution is -0.118. The maximum absolute atomic E-state index is 12.9. The van der Waals surface area contributed by atoms with Crippen LogP contribution in [-0.2, 0) is 9.59 Å². The molecule has 1 aliphatic heterocycles. The van der Waals surface area contributed by atoms with Gasteiger partial charge in [0.05, 0.1) is 11.6 Å². The summed E-state index contributed by atoms with van der Waals surface area (Å²) in [5.41, 5.74) is 3.64. The van der Waals surface area contributed by atoms with Crippen molar-refractivity contribution >= 4 is 17.4 Å². The second-order valence-corrected chi connectivity index (χ2v) is 7.42. The highest BCUT2D eigenvalue weighted by molar-refractivity contribution is 6.16. The van der Waals surface area contributed by atoms with Crippen LogP contribution < -0.4 is 4.90 Å². The van der Waals surface area contributed by atoms with Gasteiger partial charge in [-0.1, -0.05) is 26.0 Å². The number of anilines is 1. The highest BCUT2D eigenvalue weighted by Crippen LogP contribution is 2.41. The molecule has 0 spiro atoms. The third-order valence-electron chi connectivity index (χ3n) is 4.87. The molecule has 1 aromatic carbocycles. The smallest absolute Gasteiger partial charge is 0.294 e. The van der Waals surface area contributed by atoms with Crippen molar-refractivity contribution in [3.8, 4) is 0 Å². The Morgan fingerprint density at radius 2 is 1.96 bits per heavy atom. The summed E-state index contributed by atoms with van der Waals surface area (Å²) in [6.07, 6.45) is 3.54. The van der Waals surface area contributed by atoms with Crippen LogP contribution in [0, 0.1) is 19.8 Å². The first-order valence-electron chi connectivity index (χ1n) is 9.08. The summed E-state index contributed by atoms with van der Waals surface area (Å²) in [5.74, 6) is -1.11. The Kier molecular flexibility index (Phi) is 5.13. The second-order valence-electron chi connectivity index (χ2n) is 7.42. The summed E-state index contributed by atoms with van der Waals surface area (Å²) in [7, 11) is 0. The zero-order chi connectivity index (χ0) is 19.7. The van der Waals surface area contributed by atoms with E-state index in [2.05, 4.69) is 4.98 Å². The van der Waals surface area contributed by atoms with Crippen LogP contribution in [0.15, 0.2) is 54.1 Å². The van der Waals surface area contributed by atoms with Crippen LogP contribution in [0.2, 0.25) is 0 Å². The molecular formula is C22H24N2O3. The molecule has 0 radical (unpaired) electrons. The minimum atomic E-state index is -0.681. The minimum absolute atomic E-state index is 0.123. The number of nitrogens with zero attached hydrogens (tertiary/aromatic N) is 2. The molecule has 140 valence electrons. The maximum Gasteiger partial charge on any atom is 0.294 e. The van der Waals surface area contributed by atoms with Gasteiger partial charge in [0.2, 0.25) is 0 Å². The van der Waals surface area contributed by atoms with Crippen LogP contribution in [0.3, 0.4) is 0 Å². The van der Waals surface area contributed by atoms with E-state index in [1.807, 2.05) is 52.0 Å². The largest absolute Gasteiger partial charge is 0.503 e. The molecule has 0 fully saturated rings. The van der Waals surface area contributed by atoms with E-state index in [9.17, 15) is 14.7 Å². The van der Waals surface area contributed by atoms with Gasteiger partial charge < -0.3 is 5.11 Å². The molecule has 0 saturated heterocycles. The number of aliphatic hydroxyl groups is 1. The molecule has 3 rings (SSSR count). The molecule has 2 aromatic rings. The molecule has 5 heteroatoms. The molecule has 27 heavy (non-hydrogen) atoms. The van der Waals surface area contributed by atoms with Gasteiger partial charge in [-0.3, -0.25) is 19.5 Å². The fourth-order valence-electron chi connectivity index (χ4n) is 3.37. The van der Waals surface area contributed by atoms with Crippen LogP contribution >= 0.6 is 0 Å². The van der Waals surface area contributed by atoms with Crippen LogP contribution in [-0.4, -0.2) is 21.8 Å². The fourth-order valence-corrected chi connectivity index (χ4v) is 3.37. The van der Waals surface area contributed by atoms with Crippen molar-refractivity contribution < 1.29 is 14.7 Å². The predicted octanol–water partition coefficient (Wildman–Crippen LogP) is 4.21. The zero-order valence-corrected chi connectivity index (χ0v) is 16.1. The van der Waals surface area contributed by atoms with E-state index in [0.717, 1.165) is 11.1 Å². The summed E-state index contributed by atoms with van der Waals surface area (Å²) in [4.78, 5) is 31.4. The van der Waals surface area contributed by atoms with Gasteiger partial charge in [-0.2, -0.15) is 0 Å². The van der Waals surface area contributed by atoms with Crippen LogP contribution in [0.5, 0.6) is 0 Å². The number of pyridine rings is 1. The van der Waals surface area contributed by atoms with Crippen LogP contribution in [0.4, 0.5) is 5.69 Å². The van der Waals surface area contributed by atoms with Crippen molar-refractivity contribution in [1.29, 1.82) is 0 Å². The average molecular weight is 364 g/mol. The zero-order valence-electron chi connectivity index (χ0n) is 16.1. The molecule has 1 N–H and O–H groups in total. The summed E-state index contributed by atoms with van der Waals surface area (Å²) < 4.78 is 0. The summed E-state index contributed by atoms with van der Waals surface area (Å²) in [6.45, 7) is 7.84. The topological polar surface area (TPSA) is 70.5 Å². The number of aromatic nitrogens is 1. The molecule has 1 unspecified atom stereocenters. The van der Waals surface area contributed by atoms with Crippen molar-refractivity contribution in [3.05, 3.63) is 70.7 Å². The Morgan fingerprint density at radius 3 is 2.56 bits per heavy atom. The van der Waals surface area contributed by atoms with Gasteiger partial charge in [0, 0.05) is 24.5 Å². The van der Waals surface area contributed by atoms with Crippen LogP contribution in [0.1, 0.15) is 43.0 Å². The standard InChI is InChI=1S/C22H24N2O3/c1-13(2)10-18(25)19-20(16-6-5-9-23-12-16)24(22(27)21(19)26)17-8-7-14(3)15(4)11-17/h5-9,11-13,20,26H,10H2,1-4H3. The monoisotopic (exact) mass is 364 g/mol. The Labute approximate surface area is 159 Å². The van der Waals surface area contributed by atoms with Crippen molar-refractivity contribution in [1.82, 2.24) is 4.98 Å². The lowest BCUT2D eigenvalue weighted by atomic mass is 9.92. The van der Waals surface area contributed by atoms with E-state index in [4.69, 9.17) is 0 Å². The normalized spacial score (nSPS) is 17.1. The number of rotatable bonds is 5. The van der Waals surface area contributed by atoms with E-state index in [-0.39, 0.29) is 23.7 Å². The van der Waals surface area contributed by atoms with Gasteiger partial charge in [-0.05, 0) is 54.7 Å². The van der Waals surface area contributed by atoms with Gasteiger partial charge in [0.25, 0.3) is 5.91 Å². The average Bonchev–Trinajstić information content (AvgIpc) is 2.89. The number of hydrogen-bond donors (Lipinski definition) is 1. The number of Topliss-reactive ketones (excluding diaryl/α,β-unsaturated/α-hetero) is 1. The van der Waals surface area contributed by atoms with Crippen LogP contribution in [0.25, 0.3) is 0 Å². The quantitative estimate of drug-likeness (QED) is 0.862. The molecule has 0 saturated carbocycles. The molecular weight excluding hydrogens is 340 g/mol. The number of aryl methyl sites for hydroxylation is 2. The fraction of sp³-hybridized carbons (Fsp3) is 0.318. The van der Waals surface area contributed by atoms with E-state index < -0.39 is 17.7 Å². The van der Waals surface area contributed by atoms with Gasteiger partial charge >= 0.3 is 0 Å². The Balaban J connectivity index is 2.14. The number of hydrogen-bond acceptors (Lipinski definition) is 4.